The van der Waals surface area contributed by atoms with Gasteiger partial charge in [-0.25, -0.2) is 9.38 Å². The van der Waals surface area contributed by atoms with E-state index in [1.807, 2.05) is 6.92 Å². The van der Waals surface area contributed by atoms with Crippen LogP contribution in [0.2, 0.25) is 0 Å². The Bertz CT molecular complexity index is 882. The summed E-state index contributed by atoms with van der Waals surface area (Å²) in [6, 6.07) is 7.82. The van der Waals surface area contributed by atoms with Gasteiger partial charge in [0.2, 0.25) is 0 Å². The van der Waals surface area contributed by atoms with Crippen LogP contribution in [0.25, 0.3) is 0 Å². The quantitative estimate of drug-likeness (QED) is 0.226. The highest BCUT2D eigenvalue weighted by Gasteiger charge is 2.34. The van der Waals surface area contributed by atoms with E-state index in [1.165, 1.54) is 23.2 Å². The number of likely N-dealkylation sites (tertiary alicyclic amines) is 1. The third-order valence-electron chi connectivity index (χ3n) is 4.64. The molecule has 0 radical (unpaired) electrons. The zero-order chi connectivity index (χ0) is 22.3. The molecule has 1 aliphatic rings. The first-order valence-corrected chi connectivity index (χ1v) is 10.0. The Balaban J connectivity index is 0.00000363. The largest absolute Gasteiger partial charge is 0.453 e. The highest BCUT2D eigenvalue weighted by molar-refractivity contribution is 14.0. The maximum absolute atomic E-state index is 14.4. The maximum atomic E-state index is 14.4. The molecule has 1 aliphatic heterocycles. The number of ether oxygens (including phenoxy) is 1. The van der Waals surface area contributed by atoms with Crippen LogP contribution in [0, 0.1) is 5.82 Å². The number of aromatic nitrogens is 1. The van der Waals surface area contributed by atoms with E-state index in [1.54, 1.807) is 24.4 Å². The van der Waals surface area contributed by atoms with Crippen LogP contribution in [0.5, 0.6) is 11.5 Å². The SMILES string of the molecule is CCNC(=NCc1ccc(Oc2cccnc2)c(F)c1)NC1CCN(CC(F)(F)F)C1.I. The lowest BCUT2D eigenvalue weighted by atomic mass is 10.2. The third-order valence-corrected chi connectivity index (χ3v) is 4.64. The number of benzene rings is 1. The molecule has 2 heterocycles. The van der Waals surface area contributed by atoms with Crippen LogP contribution in [0.15, 0.2) is 47.7 Å². The van der Waals surface area contributed by atoms with Crippen LogP contribution >= 0.6 is 24.0 Å². The number of halogens is 5. The standard InChI is InChI=1S/C21H25F4N5O.HI/c1-2-27-20(29-16-7-9-30(13-16)14-21(23,24)25)28-11-15-5-6-19(18(22)10-15)31-17-4-3-8-26-12-17;/h3-6,8,10,12,16H,2,7,9,11,13-14H2,1H3,(H2,27,28,29);1H. The van der Waals surface area contributed by atoms with Gasteiger partial charge in [0.1, 0.15) is 5.75 Å². The second-order valence-corrected chi connectivity index (χ2v) is 7.23. The molecule has 0 saturated carbocycles. The molecule has 1 atom stereocenters. The molecule has 1 saturated heterocycles. The van der Waals surface area contributed by atoms with E-state index in [9.17, 15) is 17.6 Å². The second kappa shape index (κ2) is 12.2. The van der Waals surface area contributed by atoms with Crippen molar-refractivity contribution in [2.24, 2.45) is 4.99 Å². The molecule has 11 heteroatoms. The van der Waals surface area contributed by atoms with Crippen LogP contribution in [0.1, 0.15) is 18.9 Å². The van der Waals surface area contributed by atoms with E-state index in [0.29, 0.717) is 43.3 Å². The normalized spacial score (nSPS) is 17.0. The molecule has 1 unspecified atom stereocenters. The van der Waals surface area contributed by atoms with Gasteiger partial charge in [-0.05, 0) is 43.2 Å². The van der Waals surface area contributed by atoms with E-state index < -0.39 is 18.5 Å². The van der Waals surface area contributed by atoms with Crippen molar-refractivity contribution in [3.63, 3.8) is 0 Å². The number of pyridine rings is 1. The van der Waals surface area contributed by atoms with Gasteiger partial charge in [0.15, 0.2) is 17.5 Å². The van der Waals surface area contributed by atoms with Gasteiger partial charge in [-0.2, -0.15) is 13.2 Å². The zero-order valence-electron chi connectivity index (χ0n) is 17.5. The van der Waals surface area contributed by atoms with Gasteiger partial charge in [0, 0.05) is 31.9 Å². The average molecular weight is 567 g/mol. The summed E-state index contributed by atoms with van der Waals surface area (Å²) in [6.45, 7) is 2.45. The van der Waals surface area contributed by atoms with Crippen LogP contribution in [-0.4, -0.2) is 54.2 Å². The Kier molecular flexibility index (Phi) is 9.94. The predicted molar refractivity (Wildman–Crippen MR) is 125 cm³/mol. The molecular formula is C21H26F4IN5O. The number of guanidine groups is 1. The van der Waals surface area contributed by atoms with Crippen molar-refractivity contribution in [3.05, 3.63) is 54.1 Å². The number of hydrogen-bond donors (Lipinski definition) is 2. The van der Waals surface area contributed by atoms with Crippen molar-refractivity contribution in [2.75, 3.05) is 26.2 Å². The van der Waals surface area contributed by atoms with Gasteiger partial charge in [-0.15, -0.1) is 24.0 Å². The molecule has 6 nitrogen and oxygen atoms in total. The van der Waals surface area contributed by atoms with Crippen LogP contribution in [0.4, 0.5) is 17.6 Å². The van der Waals surface area contributed by atoms with Gasteiger partial charge in [0.05, 0.1) is 19.3 Å². The van der Waals surface area contributed by atoms with Crippen LogP contribution in [0.3, 0.4) is 0 Å². The summed E-state index contributed by atoms with van der Waals surface area (Å²) in [5.41, 5.74) is 0.637. The monoisotopic (exact) mass is 567 g/mol. The van der Waals surface area contributed by atoms with Crippen LogP contribution < -0.4 is 15.4 Å². The van der Waals surface area contributed by atoms with E-state index >= 15 is 0 Å². The molecule has 1 fully saturated rings. The maximum Gasteiger partial charge on any atom is 0.401 e. The van der Waals surface area contributed by atoms with Crippen molar-refractivity contribution < 1.29 is 22.3 Å². The van der Waals surface area contributed by atoms with E-state index in [-0.39, 0.29) is 42.3 Å². The summed E-state index contributed by atoms with van der Waals surface area (Å²) in [4.78, 5) is 9.73. The van der Waals surface area contributed by atoms with Gasteiger partial charge < -0.3 is 15.4 Å². The first-order chi connectivity index (χ1) is 14.8. The molecule has 0 aliphatic carbocycles. The number of nitrogens with zero attached hydrogens (tertiary/aromatic N) is 3. The lowest BCUT2D eigenvalue weighted by Crippen LogP contribution is -2.45. The minimum Gasteiger partial charge on any atom is -0.453 e. The minimum atomic E-state index is -4.20. The Labute approximate surface area is 201 Å². The summed E-state index contributed by atoms with van der Waals surface area (Å²) in [5.74, 6) is 0.481. The van der Waals surface area contributed by atoms with Crippen molar-refractivity contribution in [3.8, 4) is 11.5 Å². The summed E-state index contributed by atoms with van der Waals surface area (Å²) in [7, 11) is 0. The number of alkyl halides is 3. The topological polar surface area (TPSA) is 61.8 Å². The fourth-order valence-corrected chi connectivity index (χ4v) is 3.29. The lowest BCUT2D eigenvalue weighted by Gasteiger charge is -2.19. The van der Waals surface area contributed by atoms with E-state index in [0.717, 1.165) is 0 Å². The smallest absolute Gasteiger partial charge is 0.401 e. The fraction of sp³-hybridized carbons (Fsp3) is 0.429. The first kappa shape index (κ1) is 26.1. The Morgan fingerprint density at radius 1 is 1.31 bits per heavy atom. The fourth-order valence-electron chi connectivity index (χ4n) is 3.29. The Morgan fingerprint density at radius 3 is 2.78 bits per heavy atom. The highest BCUT2D eigenvalue weighted by Crippen LogP contribution is 2.25. The van der Waals surface area contributed by atoms with Gasteiger partial charge >= 0.3 is 6.18 Å². The molecule has 1 aromatic carbocycles. The third kappa shape index (κ3) is 8.41. The molecule has 32 heavy (non-hydrogen) atoms. The second-order valence-electron chi connectivity index (χ2n) is 7.23. The van der Waals surface area contributed by atoms with Crippen molar-refractivity contribution in [1.29, 1.82) is 0 Å². The van der Waals surface area contributed by atoms with Crippen LogP contribution in [-0.2, 0) is 6.54 Å². The number of hydrogen-bond acceptors (Lipinski definition) is 4. The van der Waals surface area contributed by atoms with Gasteiger partial charge in [0.25, 0.3) is 0 Å². The van der Waals surface area contributed by atoms with Crippen molar-refractivity contribution >= 4 is 29.9 Å². The minimum absolute atomic E-state index is 0. The van der Waals surface area contributed by atoms with E-state index in [4.69, 9.17) is 4.74 Å². The number of aliphatic imine (C=N–C) groups is 1. The Morgan fingerprint density at radius 2 is 2.12 bits per heavy atom. The average Bonchev–Trinajstić information content (AvgIpc) is 3.14. The zero-order valence-corrected chi connectivity index (χ0v) is 19.9. The van der Waals surface area contributed by atoms with Crippen molar-refractivity contribution in [1.82, 2.24) is 20.5 Å². The van der Waals surface area contributed by atoms with Gasteiger partial charge in [-0.1, -0.05) is 6.07 Å². The summed E-state index contributed by atoms with van der Waals surface area (Å²) in [5, 5.41) is 6.24. The van der Waals surface area contributed by atoms with Crippen molar-refractivity contribution in [2.45, 2.75) is 32.1 Å². The summed E-state index contributed by atoms with van der Waals surface area (Å²) < 4.78 is 57.6. The number of nitrogens with one attached hydrogen (secondary N) is 2. The molecular weight excluding hydrogens is 541 g/mol. The molecule has 176 valence electrons. The Hall–Kier alpha value is -2.15. The summed E-state index contributed by atoms with van der Waals surface area (Å²) in [6.07, 6.45) is -0.523. The molecule has 0 bridgehead atoms. The highest BCUT2D eigenvalue weighted by atomic mass is 127. The predicted octanol–water partition coefficient (Wildman–Crippen LogP) is 4.32. The number of rotatable bonds is 7. The summed E-state index contributed by atoms with van der Waals surface area (Å²) >= 11 is 0. The molecule has 0 amide bonds. The lowest BCUT2D eigenvalue weighted by molar-refractivity contribution is -0.143. The molecule has 2 aromatic rings. The molecule has 3 rings (SSSR count). The first-order valence-electron chi connectivity index (χ1n) is 10.0. The van der Waals surface area contributed by atoms with Gasteiger partial charge in [-0.3, -0.25) is 9.88 Å². The molecule has 2 N–H and O–H groups in total. The molecule has 0 spiro atoms. The van der Waals surface area contributed by atoms with E-state index in [2.05, 4.69) is 20.6 Å². The molecule has 1 aromatic heterocycles.